The molecular weight excluding hydrogens is 410 g/mol. The van der Waals surface area contributed by atoms with Gasteiger partial charge in [0.15, 0.2) is 11.5 Å². The molecule has 0 spiro atoms. The van der Waals surface area contributed by atoms with Gasteiger partial charge in [0.1, 0.15) is 11.6 Å². The predicted octanol–water partition coefficient (Wildman–Crippen LogP) is 5.23. The zero-order chi connectivity index (χ0) is 15.6. The fraction of sp³-hybridized carbons (Fsp3) is 0.200. The summed E-state index contributed by atoms with van der Waals surface area (Å²) in [6.07, 6.45) is 0. The van der Waals surface area contributed by atoms with Crippen molar-refractivity contribution in [2.24, 2.45) is 0 Å². The van der Waals surface area contributed by atoms with Crippen LogP contribution in [-0.4, -0.2) is 14.2 Å². The van der Waals surface area contributed by atoms with Crippen LogP contribution in [0.3, 0.4) is 0 Å². The van der Waals surface area contributed by atoms with Gasteiger partial charge >= 0.3 is 0 Å². The van der Waals surface area contributed by atoms with E-state index in [0.717, 1.165) is 0 Å². The summed E-state index contributed by atoms with van der Waals surface area (Å²) in [5.74, 6) is -0.202. The zero-order valence-corrected chi connectivity index (χ0v) is 14.5. The third kappa shape index (κ3) is 3.37. The first kappa shape index (κ1) is 16.2. The number of benzene rings is 2. The molecule has 0 saturated heterocycles. The van der Waals surface area contributed by atoms with Crippen LogP contribution in [0.2, 0.25) is 0 Å². The lowest BCUT2D eigenvalue weighted by molar-refractivity contribution is 0.354. The molecule has 2 nitrogen and oxygen atoms in total. The van der Waals surface area contributed by atoms with E-state index in [9.17, 15) is 8.78 Å². The molecule has 6 heteroatoms. The van der Waals surface area contributed by atoms with E-state index in [1.165, 1.54) is 26.4 Å². The second-order valence-electron chi connectivity index (χ2n) is 4.26. The smallest absolute Gasteiger partial charge is 0.161 e. The van der Waals surface area contributed by atoms with E-state index >= 15 is 0 Å². The molecule has 0 aromatic heterocycles. The Morgan fingerprint density at radius 3 is 2.05 bits per heavy atom. The molecule has 0 heterocycles. The Balaban J connectivity index is 2.47. The highest BCUT2D eigenvalue weighted by molar-refractivity contribution is 9.10. The van der Waals surface area contributed by atoms with Crippen LogP contribution in [0.5, 0.6) is 11.5 Å². The first-order valence-electron chi connectivity index (χ1n) is 5.98. The summed E-state index contributed by atoms with van der Waals surface area (Å²) >= 11 is 6.40. The number of hydrogen-bond acceptors (Lipinski definition) is 2. The molecule has 0 fully saturated rings. The topological polar surface area (TPSA) is 18.5 Å². The summed E-state index contributed by atoms with van der Waals surface area (Å²) in [6, 6.07) is 7.55. The van der Waals surface area contributed by atoms with Gasteiger partial charge in [0.25, 0.3) is 0 Å². The van der Waals surface area contributed by atoms with Crippen molar-refractivity contribution in [3.63, 3.8) is 0 Å². The second-order valence-corrected chi connectivity index (χ2v) is 6.09. The molecule has 1 unspecified atom stereocenters. The minimum Gasteiger partial charge on any atom is -0.493 e. The maximum absolute atomic E-state index is 14.0. The maximum atomic E-state index is 14.0. The van der Waals surface area contributed by atoms with Gasteiger partial charge in [0.2, 0.25) is 0 Å². The number of hydrogen-bond donors (Lipinski definition) is 0. The van der Waals surface area contributed by atoms with Gasteiger partial charge in [-0.2, -0.15) is 0 Å². The molecule has 112 valence electrons. The van der Waals surface area contributed by atoms with Crippen molar-refractivity contribution in [3.05, 3.63) is 57.6 Å². The Morgan fingerprint density at radius 1 is 0.952 bits per heavy atom. The average molecular weight is 422 g/mol. The van der Waals surface area contributed by atoms with Gasteiger partial charge in [-0.05, 0) is 29.8 Å². The van der Waals surface area contributed by atoms with Crippen molar-refractivity contribution in [1.82, 2.24) is 0 Å². The van der Waals surface area contributed by atoms with Crippen LogP contribution in [0.4, 0.5) is 8.78 Å². The third-order valence-electron chi connectivity index (χ3n) is 3.00. The zero-order valence-electron chi connectivity index (χ0n) is 11.3. The van der Waals surface area contributed by atoms with Gasteiger partial charge in [-0.15, -0.1) is 0 Å². The van der Waals surface area contributed by atoms with E-state index < -0.39 is 16.5 Å². The standard InChI is InChI=1S/C15H12Br2F2O2/c1-20-12-4-3-8(5-13(12)21-2)15(17)14-10(18)6-9(16)7-11(14)19/h3-7,15H,1-2H3. The molecule has 0 N–H and O–H groups in total. The van der Waals surface area contributed by atoms with Crippen LogP contribution in [0, 0.1) is 11.6 Å². The highest BCUT2D eigenvalue weighted by atomic mass is 79.9. The lowest BCUT2D eigenvalue weighted by atomic mass is 10.0. The van der Waals surface area contributed by atoms with E-state index in [2.05, 4.69) is 31.9 Å². The summed E-state index contributed by atoms with van der Waals surface area (Å²) in [5, 5.41) is 0. The van der Waals surface area contributed by atoms with E-state index in [4.69, 9.17) is 9.47 Å². The Labute approximate surface area is 138 Å². The van der Waals surface area contributed by atoms with Crippen LogP contribution in [-0.2, 0) is 0 Å². The second kappa shape index (κ2) is 6.75. The van der Waals surface area contributed by atoms with Crippen molar-refractivity contribution >= 4 is 31.9 Å². The van der Waals surface area contributed by atoms with Crippen molar-refractivity contribution < 1.29 is 18.3 Å². The molecule has 0 aliphatic heterocycles. The summed E-state index contributed by atoms with van der Waals surface area (Å²) in [5.41, 5.74) is 0.609. The monoisotopic (exact) mass is 420 g/mol. The van der Waals surface area contributed by atoms with Crippen LogP contribution in [0.1, 0.15) is 16.0 Å². The fourth-order valence-corrected chi connectivity index (χ4v) is 3.10. The van der Waals surface area contributed by atoms with Crippen LogP contribution in [0.25, 0.3) is 0 Å². The van der Waals surface area contributed by atoms with Gasteiger partial charge < -0.3 is 9.47 Å². The van der Waals surface area contributed by atoms with Crippen molar-refractivity contribution in [3.8, 4) is 11.5 Å². The molecular formula is C15H12Br2F2O2. The molecule has 0 bridgehead atoms. The van der Waals surface area contributed by atoms with Gasteiger partial charge in [-0.3, -0.25) is 0 Å². The average Bonchev–Trinajstić information content (AvgIpc) is 2.45. The van der Waals surface area contributed by atoms with E-state index in [-0.39, 0.29) is 5.56 Å². The largest absolute Gasteiger partial charge is 0.493 e. The lowest BCUT2D eigenvalue weighted by Gasteiger charge is -2.15. The Morgan fingerprint density at radius 2 is 1.52 bits per heavy atom. The summed E-state index contributed by atoms with van der Waals surface area (Å²) in [6.45, 7) is 0. The molecule has 0 aliphatic carbocycles. The van der Waals surface area contributed by atoms with Gasteiger partial charge in [-0.1, -0.05) is 37.9 Å². The molecule has 2 aromatic carbocycles. The number of halogens is 4. The maximum Gasteiger partial charge on any atom is 0.161 e. The Hall–Kier alpha value is -1.14. The Bertz CT molecular complexity index is 639. The molecule has 0 amide bonds. The van der Waals surface area contributed by atoms with E-state index in [1.54, 1.807) is 18.2 Å². The van der Waals surface area contributed by atoms with Crippen LogP contribution in [0.15, 0.2) is 34.8 Å². The van der Waals surface area contributed by atoms with Crippen molar-refractivity contribution in [1.29, 1.82) is 0 Å². The first-order chi connectivity index (χ1) is 9.97. The molecule has 2 rings (SSSR count). The number of alkyl halides is 1. The number of methoxy groups -OCH3 is 2. The number of rotatable bonds is 4. The normalized spacial score (nSPS) is 12.1. The molecule has 0 radical (unpaired) electrons. The number of ether oxygens (including phenoxy) is 2. The molecule has 0 aliphatic rings. The highest BCUT2D eigenvalue weighted by Crippen LogP contribution is 2.39. The molecule has 0 saturated carbocycles. The highest BCUT2D eigenvalue weighted by Gasteiger charge is 2.21. The van der Waals surface area contributed by atoms with E-state index in [1.807, 2.05) is 0 Å². The molecule has 2 aromatic rings. The minimum atomic E-state index is -0.634. The minimum absolute atomic E-state index is 0.0505. The van der Waals surface area contributed by atoms with Crippen molar-refractivity contribution in [2.45, 2.75) is 4.83 Å². The van der Waals surface area contributed by atoms with Crippen LogP contribution >= 0.6 is 31.9 Å². The lowest BCUT2D eigenvalue weighted by Crippen LogP contribution is -2.02. The molecule has 21 heavy (non-hydrogen) atoms. The summed E-state index contributed by atoms with van der Waals surface area (Å²) in [7, 11) is 3.03. The summed E-state index contributed by atoms with van der Waals surface area (Å²) < 4.78 is 38.7. The summed E-state index contributed by atoms with van der Waals surface area (Å²) in [4.78, 5) is -0.634. The quantitative estimate of drug-likeness (QED) is 0.629. The first-order valence-corrected chi connectivity index (χ1v) is 7.69. The van der Waals surface area contributed by atoms with Gasteiger partial charge in [0.05, 0.1) is 19.0 Å². The predicted molar refractivity (Wildman–Crippen MR) is 84.4 cm³/mol. The molecule has 1 atom stereocenters. The Kier molecular flexibility index (Phi) is 5.22. The van der Waals surface area contributed by atoms with Crippen LogP contribution < -0.4 is 9.47 Å². The fourth-order valence-electron chi connectivity index (χ4n) is 1.97. The SMILES string of the molecule is COc1ccc(C(Br)c2c(F)cc(Br)cc2F)cc1OC. The van der Waals surface area contributed by atoms with Gasteiger partial charge in [-0.25, -0.2) is 8.78 Å². The van der Waals surface area contributed by atoms with E-state index in [0.29, 0.717) is 21.5 Å². The van der Waals surface area contributed by atoms with Gasteiger partial charge in [0, 0.05) is 10.0 Å². The third-order valence-corrected chi connectivity index (χ3v) is 4.44. The van der Waals surface area contributed by atoms with Crippen molar-refractivity contribution in [2.75, 3.05) is 14.2 Å².